The van der Waals surface area contributed by atoms with Crippen LogP contribution in [0.25, 0.3) is 0 Å². The molecule has 0 radical (unpaired) electrons. The van der Waals surface area contributed by atoms with E-state index in [-0.39, 0.29) is 0 Å². The third-order valence-electron chi connectivity index (χ3n) is 4.37. The van der Waals surface area contributed by atoms with Gasteiger partial charge in [0.15, 0.2) is 0 Å². The second-order valence-corrected chi connectivity index (χ2v) is 6.19. The second kappa shape index (κ2) is 5.48. The van der Waals surface area contributed by atoms with E-state index in [0.717, 1.165) is 11.8 Å². The molecule has 2 fully saturated rings. The Bertz CT molecular complexity index is 249. The summed E-state index contributed by atoms with van der Waals surface area (Å²) < 4.78 is 0. The zero-order valence-corrected chi connectivity index (χ0v) is 11.6. The van der Waals surface area contributed by atoms with Gasteiger partial charge >= 0.3 is 0 Å². The van der Waals surface area contributed by atoms with Crippen molar-refractivity contribution in [1.82, 2.24) is 4.90 Å². The molecule has 0 bridgehead atoms. The van der Waals surface area contributed by atoms with Gasteiger partial charge in [-0.05, 0) is 39.0 Å². The Morgan fingerprint density at radius 3 is 2.44 bits per heavy atom. The minimum absolute atomic E-state index is 0.596. The number of likely N-dealkylation sites (tertiary alicyclic amines) is 1. The molecule has 2 atom stereocenters. The van der Waals surface area contributed by atoms with Gasteiger partial charge in [0.1, 0.15) is 0 Å². The molecule has 16 heavy (non-hydrogen) atoms. The Morgan fingerprint density at radius 2 is 1.75 bits per heavy atom. The van der Waals surface area contributed by atoms with Crippen molar-refractivity contribution in [1.29, 1.82) is 0 Å². The van der Waals surface area contributed by atoms with Gasteiger partial charge in [0.05, 0.1) is 4.99 Å². The van der Waals surface area contributed by atoms with Crippen molar-refractivity contribution in [2.24, 2.45) is 11.8 Å². The number of piperidine rings is 1. The maximum absolute atomic E-state index is 5.73. The lowest BCUT2D eigenvalue weighted by molar-refractivity contribution is 0.203. The van der Waals surface area contributed by atoms with Gasteiger partial charge in [-0.15, -0.1) is 0 Å². The molecule has 2 aliphatic rings. The van der Waals surface area contributed by atoms with Crippen LogP contribution >= 0.6 is 12.2 Å². The first kappa shape index (κ1) is 12.3. The summed E-state index contributed by atoms with van der Waals surface area (Å²) in [6.07, 6.45) is 9.86. The smallest absolute Gasteiger partial charge is 0.0815 e. The highest BCUT2D eigenvalue weighted by Gasteiger charge is 2.34. The zero-order valence-electron chi connectivity index (χ0n) is 10.7. The summed E-state index contributed by atoms with van der Waals surface area (Å²) in [7, 11) is 0. The van der Waals surface area contributed by atoms with Crippen LogP contribution in [0.15, 0.2) is 0 Å². The Labute approximate surface area is 106 Å². The van der Waals surface area contributed by atoms with Gasteiger partial charge in [-0.3, -0.25) is 0 Å². The van der Waals surface area contributed by atoms with Crippen molar-refractivity contribution in [2.45, 2.75) is 64.8 Å². The number of fused-ring (bicyclic) bond motifs is 1. The van der Waals surface area contributed by atoms with Gasteiger partial charge in [0.2, 0.25) is 0 Å². The number of hydrogen-bond acceptors (Lipinski definition) is 1. The largest absolute Gasteiger partial charge is 0.363 e. The molecule has 0 aromatic carbocycles. The normalized spacial score (nSPS) is 32.2. The summed E-state index contributed by atoms with van der Waals surface area (Å²) in [5.41, 5.74) is 0. The van der Waals surface area contributed by atoms with Crippen LogP contribution in [0.2, 0.25) is 0 Å². The van der Waals surface area contributed by atoms with E-state index in [9.17, 15) is 0 Å². The van der Waals surface area contributed by atoms with E-state index < -0.39 is 0 Å². The molecule has 0 spiro atoms. The van der Waals surface area contributed by atoms with Crippen LogP contribution in [0.3, 0.4) is 0 Å². The summed E-state index contributed by atoms with van der Waals surface area (Å²) in [6, 6.07) is 0.596. The van der Waals surface area contributed by atoms with Crippen LogP contribution in [-0.2, 0) is 0 Å². The molecule has 2 unspecified atom stereocenters. The van der Waals surface area contributed by atoms with Crippen LogP contribution in [0.4, 0.5) is 0 Å². The quantitative estimate of drug-likeness (QED) is 0.636. The molecule has 1 nitrogen and oxygen atoms in total. The fourth-order valence-electron chi connectivity index (χ4n) is 3.37. The predicted molar refractivity (Wildman–Crippen MR) is 73.7 cm³/mol. The summed E-state index contributed by atoms with van der Waals surface area (Å²) >= 11 is 5.73. The standard InChI is InChI=1S/C14H25NS/c1-11(2)15-10-9-12-7-5-3-4-6-8-13(12)14(15)16/h11-13H,3-10H2,1-2H3. The molecule has 1 saturated heterocycles. The van der Waals surface area contributed by atoms with Crippen molar-refractivity contribution >= 4 is 17.2 Å². The highest BCUT2D eigenvalue weighted by atomic mass is 32.1. The predicted octanol–water partition coefficient (Wildman–Crippen LogP) is 4.01. The van der Waals surface area contributed by atoms with Crippen LogP contribution in [-0.4, -0.2) is 22.5 Å². The fraction of sp³-hybridized carbons (Fsp3) is 0.929. The average Bonchev–Trinajstić information content (AvgIpc) is 2.19. The Balaban J connectivity index is 2.05. The zero-order chi connectivity index (χ0) is 11.5. The van der Waals surface area contributed by atoms with Crippen molar-refractivity contribution in [3.8, 4) is 0 Å². The number of thiocarbonyl (C=S) groups is 1. The highest BCUT2D eigenvalue weighted by Crippen LogP contribution is 2.36. The summed E-state index contributed by atoms with van der Waals surface area (Å²) in [5, 5.41) is 0. The molecule has 0 amide bonds. The van der Waals surface area contributed by atoms with E-state index in [4.69, 9.17) is 12.2 Å². The van der Waals surface area contributed by atoms with Gasteiger partial charge in [0.25, 0.3) is 0 Å². The van der Waals surface area contributed by atoms with Gasteiger partial charge < -0.3 is 4.90 Å². The molecule has 2 heteroatoms. The minimum Gasteiger partial charge on any atom is -0.363 e. The first-order valence-electron chi connectivity index (χ1n) is 7.00. The van der Waals surface area contributed by atoms with Crippen LogP contribution in [0.5, 0.6) is 0 Å². The summed E-state index contributed by atoms with van der Waals surface area (Å²) in [5.74, 6) is 1.63. The number of hydrogen-bond donors (Lipinski definition) is 0. The molecular formula is C14H25NS. The van der Waals surface area contributed by atoms with Crippen molar-refractivity contribution < 1.29 is 0 Å². The van der Waals surface area contributed by atoms with E-state index in [1.807, 2.05) is 0 Å². The van der Waals surface area contributed by atoms with Crippen LogP contribution in [0, 0.1) is 11.8 Å². The van der Waals surface area contributed by atoms with E-state index in [0.29, 0.717) is 6.04 Å². The lowest BCUT2D eigenvalue weighted by atomic mass is 9.77. The topological polar surface area (TPSA) is 3.24 Å². The van der Waals surface area contributed by atoms with Gasteiger partial charge in [0, 0.05) is 18.5 Å². The average molecular weight is 239 g/mol. The first-order chi connectivity index (χ1) is 7.70. The van der Waals surface area contributed by atoms with Gasteiger partial charge in [-0.25, -0.2) is 0 Å². The van der Waals surface area contributed by atoms with E-state index >= 15 is 0 Å². The maximum atomic E-state index is 5.73. The summed E-state index contributed by atoms with van der Waals surface area (Å²) in [4.78, 5) is 3.76. The lowest BCUT2D eigenvalue weighted by Crippen LogP contribution is -2.47. The molecule has 1 aliphatic carbocycles. The molecule has 1 saturated carbocycles. The Kier molecular flexibility index (Phi) is 4.23. The number of nitrogens with zero attached hydrogens (tertiary/aromatic N) is 1. The summed E-state index contributed by atoms with van der Waals surface area (Å²) in [6.45, 7) is 5.75. The molecule has 2 rings (SSSR count). The molecule has 0 aromatic heterocycles. The number of rotatable bonds is 1. The molecule has 92 valence electrons. The van der Waals surface area contributed by atoms with Crippen LogP contribution in [0.1, 0.15) is 58.8 Å². The molecule has 0 N–H and O–H groups in total. The molecule has 1 heterocycles. The fourth-order valence-corrected chi connectivity index (χ4v) is 3.99. The first-order valence-corrected chi connectivity index (χ1v) is 7.41. The van der Waals surface area contributed by atoms with E-state index in [2.05, 4.69) is 18.7 Å². The molecular weight excluding hydrogens is 214 g/mol. The maximum Gasteiger partial charge on any atom is 0.0815 e. The molecule has 0 aromatic rings. The van der Waals surface area contributed by atoms with Crippen LogP contribution < -0.4 is 0 Å². The van der Waals surface area contributed by atoms with Crippen molar-refractivity contribution in [2.75, 3.05) is 6.54 Å². The molecule has 1 aliphatic heterocycles. The minimum atomic E-state index is 0.596. The van der Waals surface area contributed by atoms with E-state index in [1.54, 1.807) is 0 Å². The Morgan fingerprint density at radius 1 is 1.06 bits per heavy atom. The second-order valence-electron chi connectivity index (χ2n) is 5.77. The third-order valence-corrected chi connectivity index (χ3v) is 4.91. The monoisotopic (exact) mass is 239 g/mol. The lowest BCUT2D eigenvalue weighted by Gasteiger charge is -2.43. The van der Waals surface area contributed by atoms with Gasteiger partial charge in [-0.1, -0.05) is 37.9 Å². The third kappa shape index (κ3) is 2.58. The highest BCUT2D eigenvalue weighted by molar-refractivity contribution is 7.80. The van der Waals surface area contributed by atoms with Crippen molar-refractivity contribution in [3.63, 3.8) is 0 Å². The van der Waals surface area contributed by atoms with Crippen molar-refractivity contribution in [3.05, 3.63) is 0 Å². The van der Waals surface area contributed by atoms with E-state index in [1.165, 1.54) is 56.5 Å². The SMILES string of the molecule is CC(C)N1CCC2CCCCCCC2C1=S. The van der Waals surface area contributed by atoms with Gasteiger partial charge in [-0.2, -0.15) is 0 Å². The Hall–Kier alpha value is -0.110.